The molecule has 2 heterocycles. The van der Waals surface area contributed by atoms with Crippen LogP contribution in [0.4, 0.5) is 11.6 Å². The lowest BCUT2D eigenvalue weighted by molar-refractivity contribution is -0.122. The van der Waals surface area contributed by atoms with Crippen molar-refractivity contribution in [2.45, 2.75) is 18.9 Å². The van der Waals surface area contributed by atoms with Crippen LogP contribution in [0.15, 0.2) is 48.5 Å². The Labute approximate surface area is 177 Å². The smallest absolute Gasteiger partial charge is 0.254 e. The van der Waals surface area contributed by atoms with E-state index in [0.717, 1.165) is 11.3 Å². The van der Waals surface area contributed by atoms with Crippen molar-refractivity contribution in [3.63, 3.8) is 0 Å². The normalized spacial score (nSPS) is 15.3. The Hall–Kier alpha value is -4.21. The zero-order valence-electron chi connectivity index (χ0n) is 16.6. The number of anilines is 2. The molecule has 0 fully saturated rings. The number of hydrogen-bond acceptors (Lipinski definition) is 6. The average molecular weight is 420 g/mol. The summed E-state index contributed by atoms with van der Waals surface area (Å²) in [5.74, 6) is 0.0250. The van der Waals surface area contributed by atoms with Crippen LogP contribution in [0.1, 0.15) is 28.2 Å². The van der Waals surface area contributed by atoms with Crippen molar-refractivity contribution in [2.24, 2.45) is 0 Å². The summed E-state index contributed by atoms with van der Waals surface area (Å²) in [7, 11) is 1.60. The molecule has 10 heteroatoms. The summed E-state index contributed by atoms with van der Waals surface area (Å²) in [6.45, 7) is 0. The number of carbonyl (C=O) groups is 3. The van der Waals surface area contributed by atoms with Gasteiger partial charge in [-0.1, -0.05) is 24.3 Å². The third kappa shape index (κ3) is 4.69. The van der Waals surface area contributed by atoms with Crippen molar-refractivity contribution < 1.29 is 19.1 Å². The first-order valence-corrected chi connectivity index (χ1v) is 9.56. The van der Waals surface area contributed by atoms with Gasteiger partial charge in [0, 0.05) is 6.42 Å². The van der Waals surface area contributed by atoms with Crippen LogP contribution in [0.5, 0.6) is 5.75 Å². The Morgan fingerprint density at radius 1 is 1.13 bits per heavy atom. The Bertz CT molecular complexity index is 1120. The van der Waals surface area contributed by atoms with Crippen molar-refractivity contribution in [3.05, 3.63) is 65.5 Å². The number of rotatable bonds is 6. The molecule has 0 bridgehead atoms. The molecule has 0 aliphatic carbocycles. The summed E-state index contributed by atoms with van der Waals surface area (Å²) < 4.78 is 5.13. The molecule has 3 amide bonds. The Morgan fingerprint density at radius 2 is 1.90 bits per heavy atom. The van der Waals surface area contributed by atoms with Gasteiger partial charge < -0.3 is 15.4 Å². The van der Waals surface area contributed by atoms with Gasteiger partial charge in [-0.05, 0) is 29.8 Å². The SMILES string of the molecule is COc1ccc(Cc2nc(NC(=O)C[C@H]3NC(=O)c4ccccc4NC3=O)n[nH]2)cc1. The first-order chi connectivity index (χ1) is 15.0. The van der Waals surface area contributed by atoms with E-state index in [2.05, 4.69) is 31.1 Å². The van der Waals surface area contributed by atoms with Gasteiger partial charge in [0.2, 0.25) is 17.8 Å². The van der Waals surface area contributed by atoms with E-state index >= 15 is 0 Å². The molecule has 4 N–H and O–H groups in total. The van der Waals surface area contributed by atoms with Gasteiger partial charge in [0.15, 0.2) is 0 Å². The second-order valence-electron chi connectivity index (χ2n) is 6.94. The number of nitrogens with zero attached hydrogens (tertiary/aromatic N) is 2. The molecule has 10 nitrogen and oxygen atoms in total. The standard InChI is InChI=1S/C21H20N6O4/c1-31-13-8-6-12(7-9-13)10-17-24-21(27-26-17)25-18(28)11-16-20(30)22-15-5-3-2-4-14(15)19(29)23-16/h2-9,16H,10-11H2,1H3,(H,22,30)(H,23,29)(H2,24,25,26,27,28)/t16-/m1/s1. The Kier molecular flexibility index (Phi) is 5.61. The number of aromatic amines is 1. The first kappa shape index (κ1) is 20.1. The van der Waals surface area contributed by atoms with Gasteiger partial charge in [-0.25, -0.2) is 0 Å². The number of methoxy groups -OCH3 is 1. The molecule has 3 aromatic rings. The third-order valence-electron chi connectivity index (χ3n) is 4.75. The fourth-order valence-electron chi connectivity index (χ4n) is 3.18. The number of para-hydroxylation sites is 1. The molecule has 1 atom stereocenters. The monoisotopic (exact) mass is 420 g/mol. The van der Waals surface area contributed by atoms with Crippen LogP contribution in [-0.2, 0) is 16.0 Å². The third-order valence-corrected chi connectivity index (χ3v) is 4.75. The predicted octanol–water partition coefficient (Wildman–Crippen LogP) is 1.48. The molecule has 4 rings (SSSR count). The molecule has 0 unspecified atom stereocenters. The minimum atomic E-state index is -1.02. The summed E-state index contributed by atoms with van der Waals surface area (Å²) >= 11 is 0. The molecule has 2 aromatic carbocycles. The lowest BCUT2D eigenvalue weighted by atomic mass is 10.1. The quantitative estimate of drug-likeness (QED) is 0.477. The number of ether oxygens (including phenoxy) is 1. The van der Waals surface area contributed by atoms with Gasteiger partial charge in [0.05, 0.1) is 24.8 Å². The van der Waals surface area contributed by atoms with Crippen LogP contribution in [-0.4, -0.2) is 46.1 Å². The fraction of sp³-hybridized carbons (Fsp3) is 0.190. The molecule has 1 aliphatic heterocycles. The summed E-state index contributed by atoms with van der Waals surface area (Å²) in [6.07, 6.45) is 0.236. The number of nitrogens with one attached hydrogen (secondary N) is 4. The first-order valence-electron chi connectivity index (χ1n) is 9.56. The van der Waals surface area contributed by atoms with Gasteiger partial charge in [-0.3, -0.25) is 24.8 Å². The largest absolute Gasteiger partial charge is 0.497 e. The lowest BCUT2D eigenvalue weighted by Crippen LogP contribution is -2.43. The summed E-state index contributed by atoms with van der Waals surface area (Å²) in [6, 6.07) is 13.1. The minimum absolute atomic E-state index is 0.0946. The molecular weight excluding hydrogens is 400 g/mol. The highest BCUT2D eigenvalue weighted by atomic mass is 16.5. The number of H-pyrrole nitrogens is 1. The highest BCUT2D eigenvalue weighted by molar-refractivity contribution is 6.11. The second-order valence-corrected chi connectivity index (χ2v) is 6.94. The maximum atomic E-state index is 12.4. The van der Waals surface area contributed by atoms with Crippen LogP contribution in [0.2, 0.25) is 0 Å². The van der Waals surface area contributed by atoms with E-state index in [9.17, 15) is 14.4 Å². The maximum Gasteiger partial charge on any atom is 0.254 e. The van der Waals surface area contributed by atoms with Gasteiger partial charge in [0.1, 0.15) is 17.6 Å². The molecule has 0 saturated heterocycles. The van der Waals surface area contributed by atoms with E-state index in [0.29, 0.717) is 23.5 Å². The van der Waals surface area contributed by atoms with Crippen LogP contribution in [0, 0.1) is 0 Å². The maximum absolute atomic E-state index is 12.4. The fourth-order valence-corrected chi connectivity index (χ4v) is 3.18. The Morgan fingerprint density at radius 3 is 2.68 bits per heavy atom. The zero-order chi connectivity index (χ0) is 21.8. The van der Waals surface area contributed by atoms with Gasteiger partial charge in [-0.2, -0.15) is 4.98 Å². The van der Waals surface area contributed by atoms with Crippen molar-refractivity contribution >= 4 is 29.4 Å². The summed E-state index contributed by atoms with van der Waals surface area (Å²) in [5.41, 5.74) is 1.74. The van der Waals surface area contributed by atoms with Crippen molar-refractivity contribution in [3.8, 4) is 5.75 Å². The van der Waals surface area contributed by atoms with Gasteiger partial charge in [0.25, 0.3) is 5.91 Å². The molecular formula is C21H20N6O4. The lowest BCUT2D eigenvalue weighted by Gasteiger charge is -2.13. The number of fused-ring (bicyclic) bond motifs is 1. The van der Waals surface area contributed by atoms with Gasteiger partial charge in [-0.15, -0.1) is 5.10 Å². The molecule has 0 spiro atoms. The van der Waals surface area contributed by atoms with Crippen molar-refractivity contribution in [1.29, 1.82) is 0 Å². The highest BCUT2D eigenvalue weighted by Crippen LogP contribution is 2.19. The molecule has 1 aliphatic rings. The topological polar surface area (TPSA) is 138 Å². The van der Waals surface area contributed by atoms with Crippen molar-refractivity contribution in [2.75, 3.05) is 17.7 Å². The summed E-state index contributed by atoms with van der Waals surface area (Å²) in [4.78, 5) is 41.4. The number of hydrogen-bond donors (Lipinski definition) is 4. The van der Waals surface area contributed by atoms with E-state index in [1.165, 1.54) is 0 Å². The Balaban J connectivity index is 1.36. The molecule has 0 saturated carbocycles. The molecule has 31 heavy (non-hydrogen) atoms. The molecule has 0 radical (unpaired) electrons. The van der Waals surface area contributed by atoms with E-state index in [-0.39, 0.29) is 12.4 Å². The highest BCUT2D eigenvalue weighted by Gasteiger charge is 2.29. The van der Waals surface area contributed by atoms with Crippen LogP contribution < -0.4 is 20.7 Å². The van der Waals surface area contributed by atoms with Crippen LogP contribution in [0.25, 0.3) is 0 Å². The van der Waals surface area contributed by atoms with Crippen LogP contribution in [0.3, 0.4) is 0 Å². The number of benzene rings is 2. The molecule has 158 valence electrons. The zero-order valence-corrected chi connectivity index (χ0v) is 16.6. The number of amides is 3. The molecule has 1 aromatic heterocycles. The minimum Gasteiger partial charge on any atom is -0.497 e. The van der Waals surface area contributed by atoms with E-state index in [1.807, 2.05) is 24.3 Å². The second kappa shape index (κ2) is 8.66. The van der Waals surface area contributed by atoms with Crippen molar-refractivity contribution in [1.82, 2.24) is 20.5 Å². The summed E-state index contributed by atoms with van der Waals surface area (Å²) in [5, 5.41) is 14.5. The number of carbonyl (C=O) groups excluding carboxylic acids is 3. The van der Waals surface area contributed by atoms with Crippen LogP contribution >= 0.6 is 0 Å². The number of aromatic nitrogens is 3. The van der Waals surface area contributed by atoms with Gasteiger partial charge >= 0.3 is 0 Å². The van der Waals surface area contributed by atoms with E-state index in [1.54, 1.807) is 31.4 Å². The average Bonchev–Trinajstić information content (AvgIpc) is 3.15. The predicted molar refractivity (Wildman–Crippen MR) is 112 cm³/mol. The van der Waals surface area contributed by atoms with E-state index in [4.69, 9.17) is 4.74 Å². The van der Waals surface area contributed by atoms with E-state index < -0.39 is 23.8 Å².